The third-order valence-corrected chi connectivity index (χ3v) is 5.09. The zero-order valence-electron chi connectivity index (χ0n) is 15.3. The maximum atomic E-state index is 13.1. The van der Waals surface area contributed by atoms with Gasteiger partial charge in [-0.2, -0.15) is 0 Å². The summed E-state index contributed by atoms with van der Waals surface area (Å²) in [6, 6.07) is 15.1. The molecule has 27 heavy (non-hydrogen) atoms. The quantitative estimate of drug-likeness (QED) is 0.774. The Morgan fingerprint density at radius 3 is 2.52 bits per heavy atom. The van der Waals surface area contributed by atoms with Gasteiger partial charge in [-0.25, -0.2) is 4.98 Å². The van der Waals surface area contributed by atoms with Gasteiger partial charge < -0.3 is 10.2 Å². The molecular formula is C21H22N4O2. The van der Waals surface area contributed by atoms with E-state index in [4.69, 9.17) is 0 Å². The van der Waals surface area contributed by atoms with Crippen molar-refractivity contribution in [2.24, 2.45) is 0 Å². The molecule has 0 bridgehead atoms. The first kappa shape index (κ1) is 17.3. The van der Waals surface area contributed by atoms with Gasteiger partial charge in [-0.05, 0) is 37.1 Å². The van der Waals surface area contributed by atoms with Crippen molar-refractivity contribution in [3.8, 4) is 0 Å². The van der Waals surface area contributed by atoms with E-state index in [2.05, 4.69) is 10.3 Å². The Hall–Kier alpha value is -3.15. The molecule has 1 saturated carbocycles. The summed E-state index contributed by atoms with van der Waals surface area (Å²) < 4.78 is 1.69. The molecule has 1 aliphatic carbocycles. The number of nitrogens with zero attached hydrogens (tertiary/aromatic N) is 3. The van der Waals surface area contributed by atoms with E-state index in [1.165, 1.54) is 0 Å². The molecule has 0 saturated heterocycles. The van der Waals surface area contributed by atoms with Crippen LogP contribution in [0.25, 0.3) is 5.52 Å². The highest BCUT2D eigenvalue weighted by Crippen LogP contribution is 2.21. The van der Waals surface area contributed by atoms with Crippen molar-refractivity contribution in [2.75, 3.05) is 11.9 Å². The summed E-state index contributed by atoms with van der Waals surface area (Å²) in [5.74, 6) is -0.247. The molecule has 2 heterocycles. The van der Waals surface area contributed by atoms with Crippen LogP contribution in [0.5, 0.6) is 0 Å². The normalized spacial score (nSPS) is 14.4. The van der Waals surface area contributed by atoms with Gasteiger partial charge in [-0.15, -0.1) is 0 Å². The van der Waals surface area contributed by atoms with Crippen LogP contribution in [0.1, 0.15) is 46.8 Å². The van der Waals surface area contributed by atoms with Crippen LogP contribution in [-0.4, -0.2) is 34.3 Å². The molecule has 138 valence electrons. The minimum absolute atomic E-state index is 0.198. The fourth-order valence-corrected chi connectivity index (χ4v) is 3.60. The molecular weight excluding hydrogens is 340 g/mol. The summed E-state index contributed by atoms with van der Waals surface area (Å²) in [6.07, 6.45) is 6.04. The largest absolute Gasteiger partial charge is 0.348 e. The molecule has 0 atom stereocenters. The van der Waals surface area contributed by atoms with E-state index in [0.29, 0.717) is 11.2 Å². The van der Waals surface area contributed by atoms with E-state index < -0.39 is 0 Å². The van der Waals surface area contributed by atoms with Gasteiger partial charge in [0.25, 0.3) is 11.8 Å². The maximum absolute atomic E-state index is 13.1. The van der Waals surface area contributed by atoms with Crippen LogP contribution in [0, 0.1) is 0 Å². The highest BCUT2D eigenvalue weighted by Gasteiger charge is 2.26. The molecule has 0 unspecified atom stereocenters. The van der Waals surface area contributed by atoms with Crippen molar-refractivity contribution in [1.82, 2.24) is 14.7 Å². The number of para-hydroxylation sites is 1. The van der Waals surface area contributed by atoms with Gasteiger partial charge in [-0.3, -0.25) is 14.0 Å². The van der Waals surface area contributed by atoms with E-state index in [1.54, 1.807) is 22.5 Å². The van der Waals surface area contributed by atoms with Gasteiger partial charge >= 0.3 is 0 Å². The van der Waals surface area contributed by atoms with Gasteiger partial charge in [0.2, 0.25) is 5.82 Å². The number of benzene rings is 1. The number of rotatable bonds is 4. The predicted octanol–water partition coefficient (Wildman–Crippen LogP) is 3.28. The van der Waals surface area contributed by atoms with Gasteiger partial charge in [0.05, 0.1) is 5.52 Å². The third-order valence-electron chi connectivity index (χ3n) is 5.09. The number of amides is 2. The van der Waals surface area contributed by atoms with Crippen molar-refractivity contribution < 1.29 is 9.59 Å². The fourth-order valence-electron chi connectivity index (χ4n) is 3.60. The zero-order valence-corrected chi connectivity index (χ0v) is 15.3. The molecule has 6 nitrogen and oxygen atoms in total. The molecule has 0 aliphatic heterocycles. The highest BCUT2D eigenvalue weighted by molar-refractivity contribution is 6.07. The Bertz CT molecular complexity index is 974. The molecule has 1 aromatic carbocycles. The Balaban J connectivity index is 1.69. The Morgan fingerprint density at radius 1 is 1.07 bits per heavy atom. The standard InChI is InChI=1S/C21H22N4O2/c1-24(16-11-3-2-4-12-16)21(27)19-23-18(17-13-7-8-14-25(17)19)20(26)22-15-9-5-6-10-15/h2-4,7-8,11-15H,5-6,9-10H2,1H3,(H,22,26). The topological polar surface area (TPSA) is 66.7 Å². The van der Waals surface area contributed by atoms with Gasteiger partial charge in [-0.1, -0.05) is 37.1 Å². The van der Waals surface area contributed by atoms with Crippen LogP contribution in [0.4, 0.5) is 5.69 Å². The number of hydrogen-bond donors (Lipinski definition) is 1. The average Bonchev–Trinajstić information content (AvgIpc) is 3.35. The molecule has 1 N–H and O–H groups in total. The number of pyridine rings is 1. The van der Waals surface area contributed by atoms with Crippen molar-refractivity contribution in [3.05, 3.63) is 66.2 Å². The van der Waals surface area contributed by atoms with Crippen LogP contribution >= 0.6 is 0 Å². The molecule has 1 aliphatic rings. The van der Waals surface area contributed by atoms with E-state index in [1.807, 2.05) is 48.5 Å². The van der Waals surface area contributed by atoms with Gasteiger partial charge in [0.1, 0.15) is 0 Å². The summed E-state index contributed by atoms with van der Waals surface area (Å²) in [5.41, 5.74) is 1.71. The lowest BCUT2D eigenvalue weighted by molar-refractivity contribution is 0.0935. The fraction of sp³-hybridized carbons (Fsp3) is 0.286. The Kier molecular flexibility index (Phi) is 4.62. The average molecular weight is 362 g/mol. The molecule has 1 fully saturated rings. The van der Waals surface area contributed by atoms with Crippen LogP contribution in [-0.2, 0) is 0 Å². The van der Waals surface area contributed by atoms with Crippen molar-refractivity contribution in [1.29, 1.82) is 0 Å². The molecule has 6 heteroatoms. The number of aromatic nitrogens is 2. The predicted molar refractivity (Wildman–Crippen MR) is 104 cm³/mol. The van der Waals surface area contributed by atoms with Gasteiger partial charge in [0.15, 0.2) is 5.69 Å². The Morgan fingerprint density at radius 2 is 1.78 bits per heavy atom. The SMILES string of the molecule is CN(C(=O)c1nc(C(=O)NC2CCCC2)c2ccccn12)c1ccccc1. The number of hydrogen-bond acceptors (Lipinski definition) is 3. The molecule has 2 amide bonds. The van der Waals surface area contributed by atoms with Crippen molar-refractivity contribution >= 4 is 23.0 Å². The second kappa shape index (κ2) is 7.23. The number of imidazole rings is 1. The zero-order chi connectivity index (χ0) is 18.8. The molecule has 3 aromatic rings. The lowest BCUT2D eigenvalue weighted by atomic mass is 10.2. The number of carbonyl (C=O) groups is 2. The second-order valence-electron chi connectivity index (χ2n) is 6.89. The van der Waals surface area contributed by atoms with E-state index in [0.717, 1.165) is 31.4 Å². The lowest BCUT2D eigenvalue weighted by Gasteiger charge is -2.16. The van der Waals surface area contributed by atoms with E-state index in [9.17, 15) is 9.59 Å². The van der Waals surface area contributed by atoms with Crippen LogP contribution < -0.4 is 10.2 Å². The maximum Gasteiger partial charge on any atom is 0.294 e. The third kappa shape index (κ3) is 3.30. The molecule has 4 rings (SSSR count). The monoisotopic (exact) mass is 362 g/mol. The first-order valence-corrected chi connectivity index (χ1v) is 9.26. The lowest BCUT2D eigenvalue weighted by Crippen LogP contribution is -2.33. The summed E-state index contributed by atoms with van der Waals surface area (Å²) in [4.78, 5) is 31.8. The first-order valence-electron chi connectivity index (χ1n) is 9.26. The van der Waals surface area contributed by atoms with E-state index in [-0.39, 0.29) is 23.7 Å². The summed E-state index contributed by atoms with van der Waals surface area (Å²) >= 11 is 0. The first-order chi connectivity index (χ1) is 13.1. The summed E-state index contributed by atoms with van der Waals surface area (Å²) in [6.45, 7) is 0. The number of nitrogens with one attached hydrogen (secondary N) is 1. The number of fused-ring (bicyclic) bond motifs is 1. The minimum Gasteiger partial charge on any atom is -0.348 e. The van der Waals surface area contributed by atoms with Crippen LogP contribution in [0.15, 0.2) is 54.7 Å². The summed E-state index contributed by atoms with van der Waals surface area (Å²) in [7, 11) is 1.71. The minimum atomic E-state index is -0.262. The van der Waals surface area contributed by atoms with Crippen molar-refractivity contribution in [2.45, 2.75) is 31.7 Å². The van der Waals surface area contributed by atoms with Crippen LogP contribution in [0.3, 0.4) is 0 Å². The highest BCUT2D eigenvalue weighted by atomic mass is 16.2. The van der Waals surface area contributed by atoms with Crippen molar-refractivity contribution in [3.63, 3.8) is 0 Å². The molecule has 0 radical (unpaired) electrons. The van der Waals surface area contributed by atoms with Gasteiger partial charge in [0, 0.05) is 25.0 Å². The molecule has 0 spiro atoms. The van der Waals surface area contributed by atoms with E-state index >= 15 is 0 Å². The van der Waals surface area contributed by atoms with Crippen LogP contribution in [0.2, 0.25) is 0 Å². The number of anilines is 1. The second-order valence-corrected chi connectivity index (χ2v) is 6.89. The Labute approximate surface area is 157 Å². The summed E-state index contributed by atoms with van der Waals surface area (Å²) in [5, 5.41) is 3.06. The number of carbonyl (C=O) groups excluding carboxylic acids is 2. The smallest absolute Gasteiger partial charge is 0.294 e. The molecule has 2 aromatic heterocycles.